The van der Waals surface area contributed by atoms with Crippen LogP contribution >= 0.6 is 11.3 Å². The van der Waals surface area contributed by atoms with Gasteiger partial charge in [-0.2, -0.15) is 0 Å². The second kappa shape index (κ2) is 7.92. The highest BCUT2D eigenvalue weighted by molar-refractivity contribution is 7.12. The number of methoxy groups -OCH3 is 1. The predicted molar refractivity (Wildman–Crippen MR) is 105 cm³/mol. The van der Waals surface area contributed by atoms with E-state index < -0.39 is 17.6 Å². The number of esters is 1. The van der Waals surface area contributed by atoms with Crippen LogP contribution in [0.1, 0.15) is 16.6 Å². The van der Waals surface area contributed by atoms with Crippen molar-refractivity contribution in [3.8, 4) is 0 Å². The van der Waals surface area contributed by atoms with Gasteiger partial charge in [-0.25, -0.2) is 14.4 Å². The number of rotatable bonds is 5. The molecule has 2 amide bonds. The Morgan fingerprint density at radius 3 is 2.67 bits per heavy atom. The van der Waals surface area contributed by atoms with Gasteiger partial charge in [0, 0.05) is 11.9 Å². The third kappa shape index (κ3) is 3.77. The number of urea groups is 1. The molecule has 0 unspecified atom stereocenters. The van der Waals surface area contributed by atoms with E-state index in [1.807, 2.05) is 6.92 Å². The molecule has 3 N–H and O–H groups in total. The zero-order valence-corrected chi connectivity index (χ0v) is 15.4. The highest BCUT2D eigenvalue weighted by Crippen LogP contribution is 2.29. The lowest BCUT2D eigenvalue weighted by Crippen LogP contribution is -2.25. The van der Waals surface area contributed by atoms with E-state index in [1.165, 1.54) is 7.11 Å². The molecule has 140 valence electrons. The van der Waals surface area contributed by atoms with Crippen LogP contribution in [0, 0.1) is 0 Å². The van der Waals surface area contributed by atoms with Gasteiger partial charge in [-0.3, -0.25) is 5.32 Å². The minimum atomic E-state index is -0.682. The van der Waals surface area contributed by atoms with Gasteiger partial charge in [0.25, 0.3) is 0 Å². The molecule has 8 nitrogen and oxygen atoms in total. The molecule has 9 heteroatoms. The molecule has 27 heavy (non-hydrogen) atoms. The first-order chi connectivity index (χ1) is 13.0. The molecule has 0 aliphatic rings. The number of anilines is 3. The third-order valence-electron chi connectivity index (χ3n) is 3.69. The van der Waals surface area contributed by atoms with Crippen LogP contribution in [0.3, 0.4) is 0 Å². The minimum Gasteiger partial charge on any atom is -0.465 e. The standard InChI is InChI=1S/C18H17N3O5S/c1-3-19-13-10-6-4-5-7-12(10)26-16(22)14(13)21-18(24)20-11-8-9-27-15(11)17(23)25-2/h4-9,19H,3H2,1-2H3,(H2,20,21,24). The van der Waals surface area contributed by atoms with Crippen LogP contribution in [0.2, 0.25) is 0 Å². The average molecular weight is 387 g/mol. The van der Waals surface area contributed by atoms with Crippen LogP contribution in [0.5, 0.6) is 0 Å². The molecule has 3 rings (SSSR count). The van der Waals surface area contributed by atoms with Gasteiger partial charge in [-0.1, -0.05) is 12.1 Å². The Kier molecular flexibility index (Phi) is 5.41. The van der Waals surface area contributed by atoms with Crippen molar-refractivity contribution in [3.05, 3.63) is 51.0 Å². The van der Waals surface area contributed by atoms with Crippen LogP contribution < -0.4 is 21.6 Å². The number of ether oxygens (including phenoxy) is 1. The summed E-state index contributed by atoms with van der Waals surface area (Å²) in [5.74, 6) is -0.557. The number of hydrogen-bond donors (Lipinski definition) is 3. The lowest BCUT2D eigenvalue weighted by atomic mass is 10.2. The van der Waals surface area contributed by atoms with Crippen LogP contribution in [-0.2, 0) is 4.74 Å². The van der Waals surface area contributed by atoms with E-state index >= 15 is 0 Å². The largest absolute Gasteiger partial charge is 0.465 e. The summed E-state index contributed by atoms with van der Waals surface area (Å²) < 4.78 is 9.96. The zero-order valence-electron chi connectivity index (χ0n) is 14.6. The van der Waals surface area contributed by atoms with Gasteiger partial charge < -0.3 is 19.8 Å². The number of hydrogen-bond acceptors (Lipinski definition) is 7. The quantitative estimate of drug-likeness (QED) is 0.455. The summed E-state index contributed by atoms with van der Waals surface area (Å²) >= 11 is 1.14. The van der Waals surface area contributed by atoms with E-state index in [0.29, 0.717) is 28.9 Å². The van der Waals surface area contributed by atoms with Crippen LogP contribution in [0.15, 0.2) is 44.9 Å². The molecule has 0 saturated heterocycles. The second-order valence-corrected chi connectivity index (χ2v) is 6.32. The van der Waals surface area contributed by atoms with Gasteiger partial charge in [-0.05, 0) is 30.5 Å². The van der Waals surface area contributed by atoms with Gasteiger partial charge in [0.2, 0.25) is 0 Å². The van der Waals surface area contributed by atoms with Gasteiger partial charge >= 0.3 is 17.6 Å². The van der Waals surface area contributed by atoms with E-state index in [2.05, 4.69) is 20.7 Å². The number of benzene rings is 1. The summed E-state index contributed by atoms with van der Waals surface area (Å²) in [5.41, 5.74) is 0.481. The van der Waals surface area contributed by atoms with Gasteiger partial charge in [0.05, 0.1) is 18.5 Å². The monoisotopic (exact) mass is 387 g/mol. The van der Waals surface area contributed by atoms with Crippen molar-refractivity contribution < 1.29 is 18.7 Å². The number of nitrogens with one attached hydrogen (secondary N) is 3. The summed E-state index contributed by atoms with van der Waals surface area (Å²) in [6.07, 6.45) is 0. The van der Waals surface area contributed by atoms with Crippen molar-refractivity contribution in [2.45, 2.75) is 6.92 Å². The highest BCUT2D eigenvalue weighted by Gasteiger charge is 2.19. The number of para-hydroxylation sites is 1. The molecule has 0 fully saturated rings. The van der Waals surface area contributed by atoms with E-state index in [-0.39, 0.29) is 10.6 Å². The topological polar surface area (TPSA) is 110 Å². The van der Waals surface area contributed by atoms with Crippen molar-refractivity contribution >= 4 is 51.4 Å². The summed E-state index contributed by atoms with van der Waals surface area (Å²) in [4.78, 5) is 36.7. The molecular weight excluding hydrogens is 370 g/mol. The average Bonchev–Trinajstić information content (AvgIpc) is 3.12. The predicted octanol–water partition coefficient (Wildman–Crippen LogP) is 3.72. The Hall–Kier alpha value is -3.33. The maximum absolute atomic E-state index is 12.4. The lowest BCUT2D eigenvalue weighted by Gasteiger charge is -2.13. The SMILES string of the molecule is CCNc1c(NC(=O)Nc2ccsc2C(=O)OC)c(=O)oc2ccccc12. The van der Waals surface area contributed by atoms with Crippen molar-refractivity contribution in [1.82, 2.24) is 0 Å². The van der Waals surface area contributed by atoms with E-state index in [9.17, 15) is 14.4 Å². The molecule has 1 aromatic carbocycles. The zero-order chi connectivity index (χ0) is 19.4. The van der Waals surface area contributed by atoms with Gasteiger partial charge in [-0.15, -0.1) is 11.3 Å². The number of amides is 2. The van der Waals surface area contributed by atoms with E-state index in [4.69, 9.17) is 4.42 Å². The molecule has 2 heterocycles. The molecule has 0 saturated carbocycles. The number of carbonyl (C=O) groups excluding carboxylic acids is 2. The van der Waals surface area contributed by atoms with Crippen LogP contribution in [0.4, 0.5) is 21.9 Å². The normalized spacial score (nSPS) is 10.4. The summed E-state index contributed by atoms with van der Waals surface area (Å²) in [6, 6.07) is 7.92. The Morgan fingerprint density at radius 1 is 1.15 bits per heavy atom. The van der Waals surface area contributed by atoms with Crippen molar-refractivity contribution in [2.24, 2.45) is 0 Å². The molecule has 0 spiro atoms. The van der Waals surface area contributed by atoms with Crippen LogP contribution in [-0.4, -0.2) is 25.7 Å². The Labute approximate surface area is 158 Å². The molecule has 0 radical (unpaired) electrons. The van der Waals surface area contributed by atoms with Gasteiger partial charge in [0.15, 0.2) is 5.69 Å². The smallest absolute Gasteiger partial charge is 0.362 e. The molecule has 0 bridgehead atoms. The first-order valence-electron chi connectivity index (χ1n) is 8.08. The Balaban J connectivity index is 1.92. The summed E-state index contributed by atoms with van der Waals surface area (Å²) in [6.45, 7) is 2.42. The Bertz CT molecular complexity index is 1060. The number of fused-ring (bicyclic) bond motifs is 1. The van der Waals surface area contributed by atoms with Crippen LogP contribution in [0.25, 0.3) is 11.0 Å². The molecular formula is C18H17N3O5S. The van der Waals surface area contributed by atoms with E-state index in [1.54, 1.807) is 35.7 Å². The molecule has 2 aromatic heterocycles. The first kappa shape index (κ1) is 18.5. The molecule has 0 aliphatic heterocycles. The third-order valence-corrected chi connectivity index (χ3v) is 4.58. The highest BCUT2D eigenvalue weighted by atomic mass is 32.1. The maximum atomic E-state index is 12.4. The summed E-state index contributed by atoms with van der Waals surface area (Å²) in [5, 5.41) is 10.5. The number of thiophene rings is 1. The van der Waals surface area contributed by atoms with Gasteiger partial charge in [0.1, 0.15) is 10.5 Å². The van der Waals surface area contributed by atoms with Crippen molar-refractivity contribution in [1.29, 1.82) is 0 Å². The maximum Gasteiger partial charge on any atom is 0.362 e. The Morgan fingerprint density at radius 2 is 1.93 bits per heavy atom. The van der Waals surface area contributed by atoms with Crippen molar-refractivity contribution in [2.75, 3.05) is 29.6 Å². The molecule has 0 atom stereocenters. The fraction of sp³-hybridized carbons (Fsp3) is 0.167. The number of carbonyl (C=O) groups is 2. The molecule has 3 aromatic rings. The second-order valence-electron chi connectivity index (χ2n) is 5.40. The van der Waals surface area contributed by atoms with E-state index in [0.717, 1.165) is 11.3 Å². The minimum absolute atomic E-state index is 0.0112. The first-order valence-corrected chi connectivity index (χ1v) is 8.96. The molecule has 0 aliphatic carbocycles. The van der Waals surface area contributed by atoms with Crippen molar-refractivity contribution in [3.63, 3.8) is 0 Å². The fourth-order valence-corrected chi connectivity index (χ4v) is 3.32. The lowest BCUT2D eigenvalue weighted by molar-refractivity contribution is 0.0607. The summed E-state index contributed by atoms with van der Waals surface area (Å²) in [7, 11) is 1.26. The fourth-order valence-electron chi connectivity index (χ4n) is 2.55.